The Morgan fingerprint density at radius 1 is 1.16 bits per heavy atom. The Kier molecular flexibility index (Phi) is 5.27. The second kappa shape index (κ2) is 7.44. The van der Waals surface area contributed by atoms with Gasteiger partial charge in [0.05, 0.1) is 20.2 Å². The summed E-state index contributed by atoms with van der Waals surface area (Å²) in [6.07, 6.45) is 4.93. The van der Waals surface area contributed by atoms with Crippen LogP contribution in [0.1, 0.15) is 38.2 Å². The number of likely N-dealkylation sites (tertiary alicyclic amines) is 1. The fourth-order valence-corrected chi connectivity index (χ4v) is 3.68. The molecule has 0 spiro atoms. The van der Waals surface area contributed by atoms with Crippen LogP contribution in [0.15, 0.2) is 24.3 Å². The number of benzene rings is 1. The van der Waals surface area contributed by atoms with Gasteiger partial charge < -0.3 is 15.0 Å². The van der Waals surface area contributed by atoms with E-state index in [1.807, 2.05) is 31.2 Å². The molecule has 0 aliphatic carbocycles. The first-order valence-electron chi connectivity index (χ1n) is 9.12. The number of ether oxygens (including phenoxy) is 1. The minimum Gasteiger partial charge on any atom is -0.497 e. The molecule has 6 heteroatoms. The van der Waals surface area contributed by atoms with Crippen LogP contribution in [0.25, 0.3) is 0 Å². The van der Waals surface area contributed by atoms with Crippen molar-refractivity contribution in [3.63, 3.8) is 0 Å². The van der Waals surface area contributed by atoms with Crippen LogP contribution in [0.3, 0.4) is 0 Å². The van der Waals surface area contributed by atoms with Gasteiger partial charge >= 0.3 is 6.03 Å². The lowest BCUT2D eigenvalue weighted by Crippen LogP contribution is -3.14. The molecule has 0 saturated carbocycles. The number of urea groups is 1. The van der Waals surface area contributed by atoms with Gasteiger partial charge in [-0.15, -0.1) is 0 Å². The maximum absolute atomic E-state index is 12.8. The topological polar surface area (TPSA) is 63.1 Å². The zero-order chi connectivity index (χ0) is 17.9. The van der Waals surface area contributed by atoms with Gasteiger partial charge in [0.25, 0.3) is 5.91 Å². The van der Waals surface area contributed by atoms with E-state index in [0.717, 1.165) is 30.8 Å². The SMILES string of the molecule is COc1ccc(CC[C@@]2(C)NC(=O)N(C[NH+]3CCCCC3)C2=O)cc1. The van der Waals surface area contributed by atoms with Crippen molar-refractivity contribution in [2.45, 2.75) is 44.6 Å². The summed E-state index contributed by atoms with van der Waals surface area (Å²) in [5.74, 6) is 0.722. The number of rotatable bonds is 6. The second-order valence-electron chi connectivity index (χ2n) is 7.31. The maximum atomic E-state index is 12.8. The van der Waals surface area contributed by atoms with Crippen molar-refractivity contribution < 1.29 is 19.2 Å². The fraction of sp³-hybridized carbons (Fsp3) is 0.579. The van der Waals surface area contributed by atoms with Crippen molar-refractivity contribution in [1.82, 2.24) is 10.2 Å². The number of quaternary nitrogens is 1. The number of imide groups is 1. The molecule has 136 valence electrons. The zero-order valence-electron chi connectivity index (χ0n) is 15.1. The third-order valence-electron chi connectivity index (χ3n) is 5.36. The molecule has 0 aromatic heterocycles. The minimum absolute atomic E-state index is 0.0934. The second-order valence-corrected chi connectivity index (χ2v) is 7.31. The highest BCUT2D eigenvalue weighted by Gasteiger charge is 2.48. The van der Waals surface area contributed by atoms with Crippen LogP contribution in [-0.4, -0.2) is 49.2 Å². The van der Waals surface area contributed by atoms with Crippen molar-refractivity contribution in [2.75, 3.05) is 26.9 Å². The number of hydrogen-bond donors (Lipinski definition) is 2. The van der Waals surface area contributed by atoms with E-state index in [-0.39, 0.29) is 11.9 Å². The third kappa shape index (κ3) is 3.95. The van der Waals surface area contributed by atoms with Crippen LogP contribution >= 0.6 is 0 Å². The Labute approximate surface area is 149 Å². The van der Waals surface area contributed by atoms with Gasteiger partial charge in [-0.05, 0) is 56.7 Å². The van der Waals surface area contributed by atoms with Crippen LogP contribution in [0.4, 0.5) is 4.79 Å². The van der Waals surface area contributed by atoms with Crippen LogP contribution in [0, 0.1) is 0 Å². The highest BCUT2D eigenvalue weighted by molar-refractivity contribution is 6.06. The highest BCUT2D eigenvalue weighted by atomic mass is 16.5. The van der Waals surface area contributed by atoms with Crippen LogP contribution in [-0.2, 0) is 11.2 Å². The first kappa shape index (κ1) is 17.7. The van der Waals surface area contributed by atoms with E-state index in [1.54, 1.807) is 7.11 Å². The molecule has 0 radical (unpaired) electrons. The Hall–Kier alpha value is -2.08. The summed E-state index contributed by atoms with van der Waals surface area (Å²) < 4.78 is 5.16. The number of hydrogen-bond acceptors (Lipinski definition) is 3. The maximum Gasteiger partial charge on any atom is 0.329 e. The summed E-state index contributed by atoms with van der Waals surface area (Å²) in [5, 5.41) is 2.91. The van der Waals surface area contributed by atoms with Crippen molar-refractivity contribution in [3.05, 3.63) is 29.8 Å². The van der Waals surface area contributed by atoms with Crippen molar-refractivity contribution >= 4 is 11.9 Å². The highest BCUT2D eigenvalue weighted by Crippen LogP contribution is 2.23. The monoisotopic (exact) mass is 346 g/mol. The first-order valence-corrected chi connectivity index (χ1v) is 9.12. The molecule has 3 amide bonds. The molecular formula is C19H28N3O3+. The number of nitrogens with one attached hydrogen (secondary N) is 2. The number of carbonyl (C=O) groups excluding carboxylic acids is 2. The van der Waals surface area contributed by atoms with Gasteiger partial charge in [-0.1, -0.05) is 12.1 Å². The van der Waals surface area contributed by atoms with E-state index < -0.39 is 5.54 Å². The quantitative estimate of drug-likeness (QED) is 0.755. The lowest BCUT2D eigenvalue weighted by Gasteiger charge is -2.27. The molecule has 1 atom stereocenters. The molecule has 0 bridgehead atoms. The molecule has 2 saturated heterocycles. The number of nitrogens with zero attached hydrogens (tertiary/aromatic N) is 1. The molecule has 2 aliphatic rings. The van der Waals surface area contributed by atoms with E-state index in [2.05, 4.69) is 5.32 Å². The Bertz CT molecular complexity index is 625. The standard InChI is InChI=1S/C19H27N3O3/c1-19(11-10-15-6-8-16(25-2)9-7-15)17(23)22(18(24)20-19)14-21-12-4-3-5-13-21/h6-9H,3-5,10-14H2,1-2H3,(H,20,24)/p+1/t19-/m1/s1. The van der Waals surface area contributed by atoms with Crippen molar-refractivity contribution in [3.8, 4) is 5.75 Å². The van der Waals surface area contributed by atoms with Gasteiger partial charge in [0, 0.05) is 0 Å². The van der Waals surface area contributed by atoms with Crippen LogP contribution in [0.2, 0.25) is 0 Å². The summed E-state index contributed by atoms with van der Waals surface area (Å²) in [6.45, 7) is 4.41. The van der Waals surface area contributed by atoms with E-state index in [4.69, 9.17) is 4.74 Å². The normalized spacial score (nSPS) is 24.5. The number of carbonyl (C=O) groups is 2. The fourth-order valence-electron chi connectivity index (χ4n) is 3.68. The smallest absolute Gasteiger partial charge is 0.329 e. The molecule has 1 aromatic carbocycles. The average Bonchev–Trinajstić information content (AvgIpc) is 2.85. The lowest BCUT2D eigenvalue weighted by atomic mass is 9.93. The molecule has 3 rings (SSSR count). The van der Waals surface area contributed by atoms with Crippen LogP contribution in [0.5, 0.6) is 5.75 Å². The minimum atomic E-state index is -0.813. The van der Waals surface area contributed by atoms with E-state index in [9.17, 15) is 9.59 Å². The van der Waals surface area contributed by atoms with Gasteiger partial charge in [0.2, 0.25) is 0 Å². The molecule has 2 heterocycles. The van der Waals surface area contributed by atoms with Gasteiger partial charge in [-0.25, -0.2) is 9.69 Å². The molecule has 2 fully saturated rings. The van der Waals surface area contributed by atoms with E-state index in [0.29, 0.717) is 13.1 Å². The van der Waals surface area contributed by atoms with Crippen molar-refractivity contribution in [1.29, 1.82) is 0 Å². The first-order chi connectivity index (χ1) is 12.0. The van der Waals surface area contributed by atoms with Crippen molar-refractivity contribution in [2.24, 2.45) is 0 Å². The number of aryl methyl sites for hydroxylation is 1. The average molecular weight is 346 g/mol. The van der Waals surface area contributed by atoms with E-state index >= 15 is 0 Å². The molecule has 0 unspecified atom stereocenters. The molecule has 2 N–H and O–H groups in total. The molecule has 25 heavy (non-hydrogen) atoms. The summed E-state index contributed by atoms with van der Waals surface area (Å²) in [6, 6.07) is 7.58. The zero-order valence-corrected chi connectivity index (χ0v) is 15.1. The predicted octanol–water partition coefficient (Wildman–Crippen LogP) is 0.965. The lowest BCUT2D eigenvalue weighted by molar-refractivity contribution is -0.912. The summed E-state index contributed by atoms with van der Waals surface area (Å²) in [5.41, 5.74) is 0.316. The molecule has 2 aliphatic heterocycles. The molecule has 6 nitrogen and oxygen atoms in total. The van der Waals surface area contributed by atoms with Crippen LogP contribution < -0.4 is 15.0 Å². The Morgan fingerprint density at radius 3 is 2.48 bits per heavy atom. The van der Waals surface area contributed by atoms with Gasteiger partial charge in [0.15, 0.2) is 6.67 Å². The summed E-state index contributed by atoms with van der Waals surface area (Å²) in [7, 11) is 1.64. The summed E-state index contributed by atoms with van der Waals surface area (Å²) in [4.78, 5) is 27.9. The Balaban J connectivity index is 1.60. The number of piperidine rings is 1. The largest absolute Gasteiger partial charge is 0.497 e. The molecular weight excluding hydrogens is 318 g/mol. The number of methoxy groups -OCH3 is 1. The van der Waals surface area contributed by atoms with Gasteiger partial charge in [-0.3, -0.25) is 4.79 Å². The van der Waals surface area contributed by atoms with Gasteiger partial charge in [-0.2, -0.15) is 0 Å². The van der Waals surface area contributed by atoms with E-state index in [1.165, 1.54) is 29.1 Å². The van der Waals surface area contributed by atoms with Gasteiger partial charge in [0.1, 0.15) is 11.3 Å². The number of amides is 3. The molecule has 1 aromatic rings. The summed E-state index contributed by atoms with van der Waals surface area (Å²) >= 11 is 0. The predicted molar refractivity (Wildman–Crippen MR) is 94.5 cm³/mol. The Morgan fingerprint density at radius 2 is 1.84 bits per heavy atom. The third-order valence-corrected chi connectivity index (χ3v) is 5.36.